The van der Waals surface area contributed by atoms with Gasteiger partial charge in [0.05, 0.1) is 13.0 Å². The van der Waals surface area contributed by atoms with Gasteiger partial charge in [0.2, 0.25) is 5.91 Å². The van der Waals surface area contributed by atoms with E-state index in [2.05, 4.69) is 5.32 Å². The molecule has 0 fully saturated rings. The lowest BCUT2D eigenvalue weighted by atomic mass is 10.1. The molecule has 2 N–H and O–H groups in total. The first-order chi connectivity index (χ1) is 10.6. The van der Waals surface area contributed by atoms with Gasteiger partial charge in [-0.3, -0.25) is 4.79 Å². The van der Waals surface area contributed by atoms with Crippen molar-refractivity contribution in [3.63, 3.8) is 0 Å². The van der Waals surface area contributed by atoms with Gasteiger partial charge in [-0.15, -0.1) is 0 Å². The molecule has 0 heterocycles. The van der Waals surface area contributed by atoms with E-state index in [-0.39, 0.29) is 18.9 Å². The molecule has 0 saturated heterocycles. The van der Waals surface area contributed by atoms with Gasteiger partial charge in [-0.1, -0.05) is 29.8 Å². The van der Waals surface area contributed by atoms with E-state index in [1.165, 1.54) is 0 Å². The number of carbonyl (C=O) groups excluding carboxylic acids is 1. The van der Waals surface area contributed by atoms with Crippen molar-refractivity contribution in [3.8, 4) is 0 Å². The van der Waals surface area contributed by atoms with Crippen molar-refractivity contribution < 1.29 is 9.90 Å². The highest BCUT2D eigenvalue weighted by Crippen LogP contribution is 2.18. The standard InChI is InChI=1S/C17H19ClN2O2/c1-20(10-11-21)15-8-6-14(7-9-15)19-17(22)12-13-4-2-3-5-16(13)18/h2-9,21H,10-12H2,1H3,(H,19,22). The molecule has 22 heavy (non-hydrogen) atoms. The summed E-state index contributed by atoms with van der Waals surface area (Å²) in [4.78, 5) is 14.0. The minimum absolute atomic E-state index is 0.104. The van der Waals surface area contributed by atoms with Crippen LogP contribution in [0.1, 0.15) is 5.56 Å². The Bertz CT molecular complexity index is 629. The van der Waals surface area contributed by atoms with Gasteiger partial charge in [0.15, 0.2) is 0 Å². The third-order valence-corrected chi connectivity index (χ3v) is 3.70. The molecule has 1 amide bonds. The zero-order valence-corrected chi connectivity index (χ0v) is 13.2. The minimum atomic E-state index is -0.107. The average Bonchev–Trinajstić information content (AvgIpc) is 2.50. The largest absolute Gasteiger partial charge is 0.395 e. The van der Waals surface area contributed by atoms with Crippen molar-refractivity contribution in [2.75, 3.05) is 30.4 Å². The fourth-order valence-corrected chi connectivity index (χ4v) is 2.30. The molecule has 2 aromatic carbocycles. The van der Waals surface area contributed by atoms with Crippen LogP contribution >= 0.6 is 11.6 Å². The molecule has 0 atom stereocenters. The van der Waals surface area contributed by atoms with Crippen LogP contribution in [0.25, 0.3) is 0 Å². The van der Waals surface area contributed by atoms with Crippen molar-refractivity contribution in [3.05, 3.63) is 59.1 Å². The maximum Gasteiger partial charge on any atom is 0.228 e. The van der Waals surface area contributed by atoms with Gasteiger partial charge in [0.1, 0.15) is 0 Å². The summed E-state index contributed by atoms with van der Waals surface area (Å²) in [5.41, 5.74) is 2.53. The molecule has 0 aromatic heterocycles. The summed E-state index contributed by atoms with van der Waals surface area (Å²) < 4.78 is 0. The number of carbonyl (C=O) groups is 1. The van der Waals surface area contributed by atoms with Crippen molar-refractivity contribution >= 4 is 28.9 Å². The minimum Gasteiger partial charge on any atom is -0.395 e. The Morgan fingerprint density at radius 2 is 1.86 bits per heavy atom. The highest BCUT2D eigenvalue weighted by molar-refractivity contribution is 6.31. The highest BCUT2D eigenvalue weighted by Gasteiger charge is 2.07. The molecule has 2 rings (SSSR count). The summed E-state index contributed by atoms with van der Waals surface area (Å²) in [6.45, 7) is 0.672. The number of anilines is 2. The number of aliphatic hydroxyl groups excluding tert-OH is 1. The summed E-state index contributed by atoms with van der Waals surface area (Å²) in [6.07, 6.45) is 0.242. The van der Waals surface area contributed by atoms with Crippen LogP contribution in [-0.4, -0.2) is 31.2 Å². The normalized spacial score (nSPS) is 10.3. The predicted octanol–water partition coefficient (Wildman–Crippen LogP) is 2.95. The van der Waals surface area contributed by atoms with Crippen molar-refractivity contribution in [1.29, 1.82) is 0 Å². The fourth-order valence-electron chi connectivity index (χ4n) is 2.10. The van der Waals surface area contributed by atoms with Crippen LogP contribution in [0.2, 0.25) is 5.02 Å². The zero-order chi connectivity index (χ0) is 15.9. The van der Waals surface area contributed by atoms with E-state index < -0.39 is 0 Å². The van der Waals surface area contributed by atoms with E-state index in [9.17, 15) is 4.79 Å². The average molecular weight is 319 g/mol. The van der Waals surface area contributed by atoms with Crippen LogP contribution in [0.15, 0.2) is 48.5 Å². The lowest BCUT2D eigenvalue weighted by Gasteiger charge is -2.18. The summed E-state index contributed by atoms with van der Waals surface area (Å²) >= 11 is 6.05. The van der Waals surface area contributed by atoms with E-state index in [0.717, 1.165) is 16.9 Å². The van der Waals surface area contributed by atoms with Crippen LogP contribution in [-0.2, 0) is 11.2 Å². The molecule has 0 unspecified atom stereocenters. The second kappa shape index (κ2) is 7.82. The summed E-state index contributed by atoms with van der Waals surface area (Å²) in [6, 6.07) is 14.8. The molecule has 5 heteroatoms. The number of rotatable bonds is 6. The topological polar surface area (TPSA) is 52.6 Å². The van der Waals surface area contributed by atoms with Crippen molar-refractivity contribution in [2.24, 2.45) is 0 Å². The number of benzene rings is 2. The van der Waals surface area contributed by atoms with Gasteiger partial charge < -0.3 is 15.3 Å². The van der Waals surface area contributed by atoms with E-state index in [1.54, 1.807) is 6.07 Å². The lowest BCUT2D eigenvalue weighted by Crippen LogP contribution is -2.21. The Kier molecular flexibility index (Phi) is 5.81. The van der Waals surface area contributed by atoms with Gasteiger partial charge in [0, 0.05) is 30.0 Å². The maximum atomic E-state index is 12.0. The molecule has 0 aliphatic rings. The number of likely N-dealkylation sites (N-methyl/N-ethyl adjacent to an activating group) is 1. The number of hydrogen-bond donors (Lipinski definition) is 2. The Hall–Kier alpha value is -2.04. The first-order valence-electron chi connectivity index (χ1n) is 7.05. The molecule has 2 aromatic rings. The molecule has 0 aliphatic heterocycles. The SMILES string of the molecule is CN(CCO)c1ccc(NC(=O)Cc2ccccc2Cl)cc1. The van der Waals surface area contributed by atoms with Gasteiger partial charge in [-0.2, -0.15) is 0 Å². The Labute approximate surface area is 135 Å². The number of amides is 1. The number of aliphatic hydroxyl groups is 1. The van der Waals surface area contributed by atoms with E-state index in [1.807, 2.05) is 54.4 Å². The Morgan fingerprint density at radius 1 is 1.18 bits per heavy atom. The summed E-state index contributed by atoms with van der Waals surface area (Å²) in [7, 11) is 1.90. The molecule has 4 nitrogen and oxygen atoms in total. The number of halogens is 1. The molecule has 0 saturated carbocycles. The van der Waals surface area contributed by atoms with Crippen LogP contribution < -0.4 is 10.2 Å². The Morgan fingerprint density at radius 3 is 2.50 bits per heavy atom. The Balaban J connectivity index is 1.96. The third-order valence-electron chi connectivity index (χ3n) is 3.34. The highest BCUT2D eigenvalue weighted by atomic mass is 35.5. The smallest absolute Gasteiger partial charge is 0.228 e. The van der Waals surface area contributed by atoms with Gasteiger partial charge in [0.25, 0.3) is 0 Å². The lowest BCUT2D eigenvalue weighted by molar-refractivity contribution is -0.115. The van der Waals surface area contributed by atoms with Crippen LogP contribution in [0.3, 0.4) is 0 Å². The van der Waals surface area contributed by atoms with Gasteiger partial charge in [-0.05, 0) is 35.9 Å². The quantitative estimate of drug-likeness (QED) is 0.861. The molecule has 0 aliphatic carbocycles. The van der Waals surface area contributed by atoms with Crippen molar-refractivity contribution in [2.45, 2.75) is 6.42 Å². The third kappa shape index (κ3) is 4.48. The molecular weight excluding hydrogens is 300 g/mol. The monoisotopic (exact) mass is 318 g/mol. The molecule has 0 radical (unpaired) electrons. The number of hydrogen-bond acceptors (Lipinski definition) is 3. The van der Waals surface area contributed by atoms with Gasteiger partial charge in [-0.25, -0.2) is 0 Å². The number of nitrogens with one attached hydrogen (secondary N) is 1. The zero-order valence-electron chi connectivity index (χ0n) is 12.4. The summed E-state index contributed by atoms with van der Waals surface area (Å²) in [5.74, 6) is -0.107. The van der Waals surface area contributed by atoms with Crippen molar-refractivity contribution in [1.82, 2.24) is 0 Å². The fraction of sp³-hybridized carbons (Fsp3) is 0.235. The van der Waals surface area contributed by atoms with Crippen LogP contribution in [0.4, 0.5) is 11.4 Å². The van der Waals surface area contributed by atoms with E-state index in [4.69, 9.17) is 16.7 Å². The van der Waals surface area contributed by atoms with E-state index >= 15 is 0 Å². The first-order valence-corrected chi connectivity index (χ1v) is 7.43. The molecule has 0 spiro atoms. The maximum absolute atomic E-state index is 12.0. The summed E-state index contributed by atoms with van der Waals surface area (Å²) in [5, 5.41) is 12.4. The second-order valence-corrected chi connectivity index (χ2v) is 5.42. The first kappa shape index (κ1) is 16.3. The van der Waals surface area contributed by atoms with Crippen LogP contribution in [0, 0.1) is 0 Å². The molecule has 0 bridgehead atoms. The van der Waals surface area contributed by atoms with Crippen LogP contribution in [0.5, 0.6) is 0 Å². The second-order valence-electron chi connectivity index (χ2n) is 5.01. The van der Waals surface area contributed by atoms with Gasteiger partial charge >= 0.3 is 0 Å². The number of nitrogens with zero attached hydrogens (tertiary/aromatic N) is 1. The molecule has 116 valence electrons. The van der Waals surface area contributed by atoms with E-state index in [0.29, 0.717) is 11.6 Å². The molecular formula is C17H19ClN2O2. The predicted molar refractivity (Wildman–Crippen MR) is 90.6 cm³/mol.